The van der Waals surface area contributed by atoms with Crippen molar-refractivity contribution in [3.63, 3.8) is 0 Å². The van der Waals surface area contributed by atoms with Crippen molar-refractivity contribution in [1.29, 1.82) is 0 Å². The van der Waals surface area contributed by atoms with Gasteiger partial charge in [-0.25, -0.2) is 0 Å². The molecule has 128 valence electrons. The van der Waals surface area contributed by atoms with Crippen LogP contribution in [0, 0.1) is 6.92 Å². The van der Waals surface area contributed by atoms with Gasteiger partial charge in [0.25, 0.3) is 5.91 Å². The number of para-hydroxylation sites is 1. The summed E-state index contributed by atoms with van der Waals surface area (Å²) in [5.41, 5.74) is 2.85. The molecule has 6 heteroatoms. The molecule has 1 heterocycles. The Kier molecular flexibility index (Phi) is 5.41. The number of aromatic nitrogens is 1. The molecule has 0 aliphatic rings. The number of nitrogens with zero attached hydrogens (tertiary/aromatic N) is 1. The van der Waals surface area contributed by atoms with Gasteiger partial charge in [0, 0.05) is 23.7 Å². The Balaban J connectivity index is 1.62. The Morgan fingerprint density at radius 3 is 2.72 bits per heavy atom. The SMILES string of the molecule is Cc1cc(CNC(=O)COc2ccc(Cl)c(Cl)c2)c2ccccc2n1. The summed E-state index contributed by atoms with van der Waals surface area (Å²) in [6.07, 6.45) is 0. The van der Waals surface area contributed by atoms with E-state index in [4.69, 9.17) is 27.9 Å². The quantitative estimate of drug-likeness (QED) is 0.712. The van der Waals surface area contributed by atoms with Gasteiger partial charge in [-0.2, -0.15) is 0 Å². The van der Waals surface area contributed by atoms with Crippen molar-refractivity contribution in [3.05, 3.63) is 69.8 Å². The molecule has 0 atom stereocenters. The first-order valence-electron chi connectivity index (χ1n) is 7.73. The summed E-state index contributed by atoms with van der Waals surface area (Å²) >= 11 is 11.8. The summed E-state index contributed by atoms with van der Waals surface area (Å²) in [7, 11) is 0. The number of hydrogen-bond acceptors (Lipinski definition) is 3. The maximum absolute atomic E-state index is 12.1. The van der Waals surface area contributed by atoms with Crippen molar-refractivity contribution < 1.29 is 9.53 Å². The molecule has 2 aromatic carbocycles. The predicted octanol–water partition coefficient (Wildman–Crippen LogP) is 4.55. The minimum Gasteiger partial charge on any atom is -0.484 e. The van der Waals surface area contributed by atoms with Crippen molar-refractivity contribution >= 4 is 40.0 Å². The number of amides is 1. The maximum Gasteiger partial charge on any atom is 0.258 e. The van der Waals surface area contributed by atoms with E-state index in [0.29, 0.717) is 22.3 Å². The van der Waals surface area contributed by atoms with Crippen LogP contribution in [0.5, 0.6) is 5.75 Å². The highest BCUT2D eigenvalue weighted by Crippen LogP contribution is 2.26. The fraction of sp³-hybridized carbons (Fsp3) is 0.158. The molecule has 3 aromatic rings. The van der Waals surface area contributed by atoms with Gasteiger partial charge in [0.15, 0.2) is 6.61 Å². The second kappa shape index (κ2) is 7.72. The van der Waals surface area contributed by atoms with E-state index in [1.165, 1.54) is 0 Å². The van der Waals surface area contributed by atoms with E-state index < -0.39 is 0 Å². The summed E-state index contributed by atoms with van der Waals surface area (Å²) in [6, 6.07) is 14.7. The third-order valence-electron chi connectivity index (χ3n) is 3.67. The smallest absolute Gasteiger partial charge is 0.258 e. The molecule has 1 amide bonds. The van der Waals surface area contributed by atoms with Gasteiger partial charge in [-0.3, -0.25) is 9.78 Å². The molecule has 0 radical (unpaired) electrons. The van der Waals surface area contributed by atoms with Gasteiger partial charge in [0.05, 0.1) is 15.6 Å². The molecule has 0 unspecified atom stereocenters. The van der Waals surface area contributed by atoms with E-state index in [1.807, 2.05) is 37.3 Å². The van der Waals surface area contributed by atoms with Crippen LogP contribution in [0.25, 0.3) is 10.9 Å². The first-order valence-corrected chi connectivity index (χ1v) is 8.48. The molecular formula is C19H16Cl2N2O2. The Morgan fingerprint density at radius 1 is 1.12 bits per heavy atom. The van der Waals surface area contributed by atoms with E-state index in [1.54, 1.807) is 18.2 Å². The van der Waals surface area contributed by atoms with Crippen LogP contribution in [-0.4, -0.2) is 17.5 Å². The van der Waals surface area contributed by atoms with Crippen molar-refractivity contribution in [1.82, 2.24) is 10.3 Å². The lowest BCUT2D eigenvalue weighted by Gasteiger charge is -2.10. The molecule has 0 saturated carbocycles. The number of pyridine rings is 1. The summed E-state index contributed by atoms with van der Waals surface area (Å²) < 4.78 is 5.44. The molecule has 0 fully saturated rings. The normalized spacial score (nSPS) is 10.7. The number of ether oxygens (including phenoxy) is 1. The van der Waals surface area contributed by atoms with E-state index in [0.717, 1.165) is 22.2 Å². The van der Waals surface area contributed by atoms with Crippen LogP contribution >= 0.6 is 23.2 Å². The van der Waals surface area contributed by atoms with E-state index >= 15 is 0 Å². The lowest BCUT2D eigenvalue weighted by molar-refractivity contribution is -0.123. The first-order chi connectivity index (χ1) is 12.0. The van der Waals surface area contributed by atoms with E-state index in [9.17, 15) is 4.79 Å². The average Bonchev–Trinajstić information content (AvgIpc) is 2.60. The molecule has 0 spiro atoms. The summed E-state index contributed by atoms with van der Waals surface area (Å²) in [4.78, 5) is 16.5. The van der Waals surface area contributed by atoms with E-state index in [2.05, 4.69) is 10.3 Å². The fourth-order valence-electron chi connectivity index (χ4n) is 2.50. The summed E-state index contributed by atoms with van der Waals surface area (Å²) in [5, 5.41) is 4.72. The minimum absolute atomic E-state index is 0.0973. The molecule has 1 aromatic heterocycles. The van der Waals surface area contributed by atoms with Crippen LogP contribution in [0.15, 0.2) is 48.5 Å². The van der Waals surface area contributed by atoms with Gasteiger partial charge < -0.3 is 10.1 Å². The average molecular weight is 375 g/mol. The fourth-order valence-corrected chi connectivity index (χ4v) is 2.79. The second-order valence-corrected chi connectivity index (χ2v) is 6.40. The van der Waals surface area contributed by atoms with Gasteiger partial charge in [0.2, 0.25) is 0 Å². The van der Waals surface area contributed by atoms with Gasteiger partial charge in [-0.05, 0) is 36.8 Å². The zero-order chi connectivity index (χ0) is 17.8. The Hall–Kier alpha value is -2.30. The highest BCUT2D eigenvalue weighted by Gasteiger charge is 2.08. The zero-order valence-corrected chi connectivity index (χ0v) is 15.1. The standard InChI is InChI=1S/C19H16Cl2N2O2/c1-12-8-13(15-4-2-3-5-18(15)23-12)10-22-19(24)11-25-14-6-7-16(20)17(21)9-14/h2-9H,10-11H2,1H3,(H,22,24). The van der Waals surface area contributed by atoms with Crippen molar-refractivity contribution in [3.8, 4) is 5.75 Å². The van der Waals surface area contributed by atoms with Crippen LogP contribution in [0.4, 0.5) is 0 Å². The van der Waals surface area contributed by atoms with Crippen LogP contribution in [0.2, 0.25) is 10.0 Å². The molecule has 0 aliphatic heterocycles. The van der Waals surface area contributed by atoms with Crippen molar-refractivity contribution in [2.45, 2.75) is 13.5 Å². The Morgan fingerprint density at radius 2 is 1.92 bits per heavy atom. The number of nitrogens with one attached hydrogen (secondary N) is 1. The van der Waals surface area contributed by atoms with Gasteiger partial charge in [-0.1, -0.05) is 41.4 Å². The van der Waals surface area contributed by atoms with Crippen LogP contribution in [0.1, 0.15) is 11.3 Å². The lowest BCUT2D eigenvalue weighted by atomic mass is 10.1. The van der Waals surface area contributed by atoms with Crippen molar-refractivity contribution in [2.24, 2.45) is 0 Å². The Bertz CT molecular complexity index is 928. The molecule has 25 heavy (non-hydrogen) atoms. The molecule has 0 bridgehead atoms. The number of carbonyl (C=O) groups is 1. The molecule has 0 saturated heterocycles. The zero-order valence-electron chi connectivity index (χ0n) is 13.6. The van der Waals surface area contributed by atoms with E-state index in [-0.39, 0.29) is 12.5 Å². The number of hydrogen-bond donors (Lipinski definition) is 1. The minimum atomic E-state index is -0.218. The molecule has 3 rings (SSSR count). The third kappa shape index (κ3) is 4.41. The van der Waals surface area contributed by atoms with Gasteiger partial charge >= 0.3 is 0 Å². The van der Waals surface area contributed by atoms with Crippen molar-refractivity contribution in [2.75, 3.05) is 6.61 Å². The number of aryl methyl sites for hydroxylation is 1. The van der Waals surface area contributed by atoms with Gasteiger partial charge in [0.1, 0.15) is 5.75 Å². The highest BCUT2D eigenvalue weighted by atomic mass is 35.5. The molecule has 1 N–H and O–H groups in total. The summed E-state index contributed by atoms with van der Waals surface area (Å²) in [5.74, 6) is 0.277. The van der Waals surface area contributed by atoms with Gasteiger partial charge in [-0.15, -0.1) is 0 Å². The summed E-state index contributed by atoms with van der Waals surface area (Å²) in [6.45, 7) is 2.25. The maximum atomic E-state index is 12.1. The molecule has 0 aliphatic carbocycles. The first kappa shape index (κ1) is 17.5. The number of benzene rings is 2. The topological polar surface area (TPSA) is 51.2 Å². The number of rotatable bonds is 5. The number of carbonyl (C=O) groups excluding carboxylic acids is 1. The third-order valence-corrected chi connectivity index (χ3v) is 4.41. The monoisotopic (exact) mass is 374 g/mol. The number of halogens is 2. The van der Waals surface area contributed by atoms with Crippen LogP contribution in [-0.2, 0) is 11.3 Å². The second-order valence-electron chi connectivity index (χ2n) is 5.58. The lowest BCUT2D eigenvalue weighted by Crippen LogP contribution is -2.28. The van der Waals surface area contributed by atoms with Crippen LogP contribution in [0.3, 0.4) is 0 Å². The highest BCUT2D eigenvalue weighted by molar-refractivity contribution is 6.42. The molecule has 4 nitrogen and oxygen atoms in total. The Labute approximate surface area is 155 Å². The van der Waals surface area contributed by atoms with Crippen LogP contribution < -0.4 is 10.1 Å². The predicted molar refractivity (Wildman–Crippen MR) is 100 cm³/mol. The largest absolute Gasteiger partial charge is 0.484 e. The number of fused-ring (bicyclic) bond motifs is 1. The molecular weight excluding hydrogens is 359 g/mol.